The van der Waals surface area contributed by atoms with Crippen molar-refractivity contribution in [2.24, 2.45) is 10.8 Å². The monoisotopic (exact) mass is 252 g/mol. The first-order chi connectivity index (χ1) is 9.30. The van der Waals surface area contributed by atoms with Crippen LogP contribution in [-0.2, 0) is 0 Å². The quantitative estimate of drug-likeness (QED) is 0.699. The highest BCUT2D eigenvalue weighted by atomic mass is 14.6. The van der Waals surface area contributed by atoms with Gasteiger partial charge in [0.2, 0.25) is 0 Å². The van der Waals surface area contributed by atoms with E-state index in [1.165, 1.54) is 23.5 Å². The molecule has 1 aromatic carbocycles. The normalized spacial score (nSPS) is 21.7. The van der Waals surface area contributed by atoms with E-state index in [-0.39, 0.29) is 0 Å². The zero-order valence-corrected chi connectivity index (χ0v) is 12.3. The average molecular weight is 252 g/mol. The Balaban J connectivity index is 2.12. The minimum Gasteiger partial charge on any atom is -0.256 e. The van der Waals surface area contributed by atoms with Crippen molar-refractivity contribution >= 4 is 23.1 Å². The molecule has 1 aliphatic heterocycles. The zero-order chi connectivity index (χ0) is 14.5. The second-order valence-corrected chi connectivity index (χ2v) is 7.23. The first-order valence-electron chi connectivity index (χ1n) is 7.66. The SMILES string of the molecule is [2H]c1cc(B2CC(C)(C)C(C)(C)C2)c2ccccc2n1. The highest BCUT2D eigenvalue weighted by Crippen LogP contribution is 2.52. The molecule has 3 rings (SSSR count). The summed E-state index contributed by atoms with van der Waals surface area (Å²) in [5.41, 5.74) is 2.95. The molecule has 19 heavy (non-hydrogen) atoms. The van der Waals surface area contributed by atoms with Crippen LogP contribution in [0.5, 0.6) is 0 Å². The van der Waals surface area contributed by atoms with E-state index >= 15 is 0 Å². The molecule has 0 saturated carbocycles. The van der Waals surface area contributed by atoms with E-state index in [0.717, 1.165) is 5.52 Å². The number of fused-ring (bicyclic) bond motifs is 1. The number of hydrogen-bond donors (Lipinski definition) is 0. The third-order valence-electron chi connectivity index (χ3n) is 5.41. The van der Waals surface area contributed by atoms with E-state index in [0.29, 0.717) is 23.7 Å². The molecular weight excluding hydrogens is 229 g/mol. The summed E-state index contributed by atoms with van der Waals surface area (Å²) in [6.07, 6.45) is 2.77. The fraction of sp³-hybridized carbons (Fsp3) is 0.471. The van der Waals surface area contributed by atoms with Crippen molar-refractivity contribution in [3.05, 3.63) is 36.5 Å². The maximum absolute atomic E-state index is 7.97. The Hall–Kier alpha value is -1.31. The Kier molecular flexibility index (Phi) is 2.48. The summed E-state index contributed by atoms with van der Waals surface area (Å²) in [6, 6.07) is 10.2. The van der Waals surface area contributed by atoms with E-state index in [9.17, 15) is 0 Å². The average Bonchev–Trinajstić information content (AvgIpc) is 2.57. The van der Waals surface area contributed by atoms with E-state index < -0.39 is 0 Å². The molecule has 0 bridgehead atoms. The van der Waals surface area contributed by atoms with Crippen molar-refractivity contribution in [3.8, 4) is 0 Å². The maximum Gasteiger partial charge on any atom is 0.177 e. The van der Waals surface area contributed by atoms with Gasteiger partial charge >= 0.3 is 0 Å². The van der Waals surface area contributed by atoms with Crippen molar-refractivity contribution in [2.75, 3.05) is 0 Å². The molecule has 1 nitrogen and oxygen atoms in total. The summed E-state index contributed by atoms with van der Waals surface area (Å²) in [7, 11) is 0. The molecule has 1 aliphatic rings. The molecule has 0 atom stereocenters. The topological polar surface area (TPSA) is 12.9 Å². The minimum absolute atomic E-state index is 0.338. The lowest BCUT2D eigenvalue weighted by Gasteiger charge is -2.35. The fourth-order valence-electron chi connectivity index (χ4n) is 3.48. The van der Waals surface area contributed by atoms with Gasteiger partial charge in [0.1, 0.15) is 0 Å². The number of nitrogens with zero attached hydrogens (tertiary/aromatic N) is 1. The Morgan fingerprint density at radius 2 is 1.68 bits per heavy atom. The van der Waals surface area contributed by atoms with Crippen molar-refractivity contribution in [3.63, 3.8) is 0 Å². The van der Waals surface area contributed by atoms with Crippen LogP contribution in [0.3, 0.4) is 0 Å². The molecule has 1 saturated heterocycles. The minimum atomic E-state index is 0.338. The lowest BCUT2D eigenvalue weighted by molar-refractivity contribution is 0.177. The van der Waals surface area contributed by atoms with Gasteiger partial charge in [-0.2, -0.15) is 0 Å². The van der Waals surface area contributed by atoms with Crippen LogP contribution in [0, 0.1) is 10.8 Å². The van der Waals surface area contributed by atoms with Crippen molar-refractivity contribution in [2.45, 2.75) is 40.3 Å². The zero-order valence-electron chi connectivity index (χ0n) is 13.3. The second kappa shape index (κ2) is 4.09. The maximum atomic E-state index is 7.97. The molecule has 0 radical (unpaired) electrons. The molecule has 1 aromatic heterocycles. The molecular formula is C17H22BN. The number of para-hydroxylation sites is 1. The van der Waals surface area contributed by atoms with Crippen molar-refractivity contribution in [1.82, 2.24) is 4.98 Å². The van der Waals surface area contributed by atoms with Gasteiger partial charge in [0.15, 0.2) is 6.71 Å². The Bertz CT molecular complexity index is 647. The van der Waals surface area contributed by atoms with Gasteiger partial charge in [0, 0.05) is 6.17 Å². The van der Waals surface area contributed by atoms with Gasteiger partial charge in [-0.15, -0.1) is 0 Å². The van der Waals surface area contributed by atoms with E-state index in [1.807, 2.05) is 18.2 Å². The van der Waals surface area contributed by atoms with Crippen LogP contribution >= 0.6 is 0 Å². The Morgan fingerprint density at radius 3 is 2.37 bits per heavy atom. The van der Waals surface area contributed by atoms with Crippen LogP contribution in [-0.4, -0.2) is 11.7 Å². The van der Waals surface area contributed by atoms with Gasteiger partial charge in [-0.05, 0) is 28.3 Å². The van der Waals surface area contributed by atoms with E-state index in [2.05, 4.69) is 44.8 Å². The smallest absolute Gasteiger partial charge is 0.177 e. The molecule has 0 aliphatic carbocycles. The molecule has 0 unspecified atom stereocenters. The summed E-state index contributed by atoms with van der Waals surface area (Å²) in [5, 5.41) is 1.22. The predicted octanol–water partition coefficient (Wildman–Crippen LogP) is 4.00. The van der Waals surface area contributed by atoms with Crippen LogP contribution in [0.25, 0.3) is 10.9 Å². The standard InChI is InChI=1S/C17H22BN/c1-16(2)11-18(12-17(16,3)4)14-9-10-19-15-8-6-5-7-13(14)15/h5-10H,11-12H2,1-4H3/i10D. The predicted molar refractivity (Wildman–Crippen MR) is 84.3 cm³/mol. The van der Waals surface area contributed by atoms with Crippen LogP contribution in [0.4, 0.5) is 0 Å². The highest BCUT2D eigenvalue weighted by Gasteiger charge is 2.48. The summed E-state index contributed by atoms with van der Waals surface area (Å²) < 4.78 is 7.97. The van der Waals surface area contributed by atoms with Crippen LogP contribution in [0.15, 0.2) is 36.5 Å². The van der Waals surface area contributed by atoms with Gasteiger partial charge in [0.25, 0.3) is 0 Å². The molecule has 2 aromatic rings. The van der Waals surface area contributed by atoms with Crippen LogP contribution in [0.1, 0.15) is 29.1 Å². The van der Waals surface area contributed by atoms with Gasteiger partial charge in [-0.3, -0.25) is 4.98 Å². The van der Waals surface area contributed by atoms with E-state index in [4.69, 9.17) is 1.37 Å². The summed E-state index contributed by atoms with van der Waals surface area (Å²) in [5.74, 6) is 0. The van der Waals surface area contributed by atoms with Crippen molar-refractivity contribution < 1.29 is 1.37 Å². The van der Waals surface area contributed by atoms with E-state index in [1.54, 1.807) is 0 Å². The largest absolute Gasteiger partial charge is 0.256 e. The van der Waals surface area contributed by atoms with Crippen LogP contribution < -0.4 is 5.46 Å². The summed E-state index contributed by atoms with van der Waals surface area (Å²) in [6.45, 7) is 10.0. The summed E-state index contributed by atoms with van der Waals surface area (Å²) >= 11 is 0. The summed E-state index contributed by atoms with van der Waals surface area (Å²) in [4.78, 5) is 4.35. The molecule has 0 spiro atoms. The molecule has 98 valence electrons. The number of hydrogen-bond acceptors (Lipinski definition) is 1. The molecule has 0 N–H and O–H groups in total. The molecule has 0 amide bonds. The third kappa shape index (κ3) is 1.98. The molecule has 1 fully saturated rings. The molecule has 2 heterocycles. The lowest BCUT2D eigenvalue weighted by atomic mass is 9.41. The number of aromatic nitrogens is 1. The van der Waals surface area contributed by atoms with Gasteiger partial charge in [-0.25, -0.2) is 0 Å². The van der Waals surface area contributed by atoms with Crippen LogP contribution in [0.2, 0.25) is 12.6 Å². The number of rotatable bonds is 1. The van der Waals surface area contributed by atoms with Gasteiger partial charge in [-0.1, -0.05) is 64.0 Å². The Labute approximate surface area is 117 Å². The van der Waals surface area contributed by atoms with Gasteiger partial charge in [0.05, 0.1) is 6.89 Å². The number of benzene rings is 1. The van der Waals surface area contributed by atoms with Crippen molar-refractivity contribution in [1.29, 1.82) is 0 Å². The fourth-order valence-corrected chi connectivity index (χ4v) is 3.48. The second-order valence-electron chi connectivity index (χ2n) is 7.23. The first-order valence-corrected chi connectivity index (χ1v) is 7.16. The third-order valence-corrected chi connectivity index (χ3v) is 5.41. The van der Waals surface area contributed by atoms with Gasteiger partial charge < -0.3 is 0 Å². The molecule has 2 heteroatoms. The first kappa shape index (κ1) is 11.5. The number of pyridine rings is 1. The lowest BCUT2D eigenvalue weighted by Crippen LogP contribution is -2.28. The highest BCUT2D eigenvalue weighted by molar-refractivity contribution is 6.76. The Morgan fingerprint density at radius 1 is 1.05 bits per heavy atom.